The van der Waals surface area contributed by atoms with Gasteiger partial charge in [-0.2, -0.15) is 0 Å². The summed E-state index contributed by atoms with van der Waals surface area (Å²) in [5, 5.41) is 0.449. The van der Waals surface area contributed by atoms with Crippen molar-refractivity contribution >= 4 is 17.4 Å². The first kappa shape index (κ1) is 13.3. The van der Waals surface area contributed by atoms with Crippen molar-refractivity contribution in [3.05, 3.63) is 28.8 Å². The molecule has 2 rings (SSSR count). The number of Topliss-reactive ketones (excluding diaryl/α,β-unsaturated/α-hetero) is 1. The Hall–Kier alpha value is -1.10. The monoisotopic (exact) mass is 269 g/mol. The molecule has 1 atom stereocenters. The highest BCUT2D eigenvalue weighted by atomic mass is 35.5. The average molecular weight is 270 g/mol. The molecule has 4 nitrogen and oxygen atoms in total. The largest absolute Gasteiger partial charge is 0.486 e. The van der Waals surface area contributed by atoms with Gasteiger partial charge in [-0.05, 0) is 24.7 Å². The molecule has 0 radical (unpaired) electrons. The van der Waals surface area contributed by atoms with E-state index in [0.29, 0.717) is 35.9 Å². The summed E-state index contributed by atoms with van der Waals surface area (Å²) in [4.78, 5) is 11.7. The van der Waals surface area contributed by atoms with Crippen LogP contribution in [0.2, 0.25) is 5.02 Å². The topological polar surface area (TPSA) is 61.6 Å². The minimum absolute atomic E-state index is 0.00449. The Balaban J connectivity index is 2.06. The lowest BCUT2D eigenvalue weighted by Gasteiger charge is -2.13. The Kier molecular flexibility index (Phi) is 4.58. The molecule has 0 aliphatic carbocycles. The Morgan fingerprint density at radius 2 is 2.39 bits per heavy atom. The summed E-state index contributed by atoms with van der Waals surface area (Å²) in [6.07, 6.45) is 1.24. The third kappa shape index (κ3) is 3.22. The zero-order valence-corrected chi connectivity index (χ0v) is 10.8. The SMILES string of the molecule is NCCC(=O)c1ccc(OC2CCOC2)c(Cl)c1. The van der Waals surface area contributed by atoms with E-state index >= 15 is 0 Å². The molecule has 0 bridgehead atoms. The van der Waals surface area contributed by atoms with Gasteiger partial charge in [-0.1, -0.05) is 11.6 Å². The van der Waals surface area contributed by atoms with E-state index < -0.39 is 0 Å². The summed E-state index contributed by atoms with van der Waals surface area (Å²) >= 11 is 6.10. The number of carbonyl (C=O) groups is 1. The number of benzene rings is 1. The van der Waals surface area contributed by atoms with Gasteiger partial charge in [-0.3, -0.25) is 4.79 Å². The summed E-state index contributed by atoms with van der Waals surface area (Å²) < 4.78 is 10.9. The van der Waals surface area contributed by atoms with Crippen molar-refractivity contribution in [2.75, 3.05) is 19.8 Å². The lowest BCUT2D eigenvalue weighted by molar-refractivity contribution is 0.0985. The van der Waals surface area contributed by atoms with Gasteiger partial charge in [0.1, 0.15) is 11.9 Å². The quantitative estimate of drug-likeness (QED) is 0.831. The molecule has 1 saturated heterocycles. The third-order valence-corrected chi connectivity index (χ3v) is 3.10. The predicted octanol–water partition coefficient (Wildman–Crippen LogP) is 2.04. The van der Waals surface area contributed by atoms with Gasteiger partial charge >= 0.3 is 0 Å². The van der Waals surface area contributed by atoms with Crippen LogP contribution in [-0.4, -0.2) is 31.6 Å². The molecule has 0 saturated carbocycles. The van der Waals surface area contributed by atoms with Crippen LogP contribution in [0.5, 0.6) is 5.75 Å². The van der Waals surface area contributed by atoms with Crippen LogP contribution in [0.15, 0.2) is 18.2 Å². The summed E-state index contributed by atoms with van der Waals surface area (Å²) in [6.45, 7) is 1.65. The predicted molar refractivity (Wildman–Crippen MR) is 69.3 cm³/mol. The molecule has 18 heavy (non-hydrogen) atoms. The van der Waals surface area contributed by atoms with E-state index in [9.17, 15) is 4.79 Å². The molecule has 1 heterocycles. The van der Waals surface area contributed by atoms with Crippen molar-refractivity contribution in [1.29, 1.82) is 0 Å². The van der Waals surface area contributed by atoms with E-state index in [2.05, 4.69) is 0 Å². The van der Waals surface area contributed by atoms with Gasteiger partial charge in [0.15, 0.2) is 5.78 Å². The third-order valence-electron chi connectivity index (χ3n) is 2.81. The minimum Gasteiger partial charge on any atom is -0.486 e. The van der Waals surface area contributed by atoms with Crippen LogP contribution in [0, 0.1) is 0 Å². The van der Waals surface area contributed by atoms with E-state index in [-0.39, 0.29) is 11.9 Å². The van der Waals surface area contributed by atoms with Crippen LogP contribution in [0.4, 0.5) is 0 Å². The van der Waals surface area contributed by atoms with Gasteiger partial charge < -0.3 is 15.2 Å². The lowest BCUT2D eigenvalue weighted by Crippen LogP contribution is -2.16. The number of hydrogen-bond acceptors (Lipinski definition) is 4. The first-order valence-corrected chi connectivity index (χ1v) is 6.35. The number of ketones is 1. The van der Waals surface area contributed by atoms with Crippen LogP contribution >= 0.6 is 11.6 Å². The van der Waals surface area contributed by atoms with E-state index in [0.717, 1.165) is 13.0 Å². The van der Waals surface area contributed by atoms with Crippen LogP contribution in [-0.2, 0) is 4.74 Å². The van der Waals surface area contributed by atoms with Crippen molar-refractivity contribution in [1.82, 2.24) is 0 Å². The second-order valence-electron chi connectivity index (χ2n) is 4.21. The number of halogens is 1. The van der Waals surface area contributed by atoms with E-state index in [1.54, 1.807) is 18.2 Å². The minimum atomic E-state index is -0.00449. The van der Waals surface area contributed by atoms with Gasteiger partial charge in [-0.25, -0.2) is 0 Å². The van der Waals surface area contributed by atoms with Crippen molar-refractivity contribution in [2.24, 2.45) is 5.73 Å². The molecule has 1 aliphatic heterocycles. The molecule has 2 N–H and O–H groups in total. The average Bonchev–Trinajstić information content (AvgIpc) is 2.85. The van der Waals surface area contributed by atoms with Gasteiger partial charge in [0.05, 0.1) is 18.2 Å². The fourth-order valence-corrected chi connectivity index (χ4v) is 2.06. The summed E-state index contributed by atoms with van der Waals surface area (Å²) in [6, 6.07) is 5.07. The molecule has 5 heteroatoms. The van der Waals surface area contributed by atoms with E-state index in [1.807, 2.05) is 0 Å². The maximum Gasteiger partial charge on any atom is 0.164 e. The van der Waals surface area contributed by atoms with Crippen molar-refractivity contribution in [3.63, 3.8) is 0 Å². The Bertz CT molecular complexity index is 430. The zero-order chi connectivity index (χ0) is 13.0. The second-order valence-corrected chi connectivity index (χ2v) is 4.62. The van der Waals surface area contributed by atoms with Gasteiger partial charge in [-0.15, -0.1) is 0 Å². The summed E-state index contributed by atoms with van der Waals surface area (Å²) in [7, 11) is 0. The van der Waals surface area contributed by atoms with Gasteiger partial charge in [0, 0.05) is 18.4 Å². The molecule has 1 fully saturated rings. The second kappa shape index (κ2) is 6.18. The fraction of sp³-hybridized carbons (Fsp3) is 0.462. The zero-order valence-electron chi connectivity index (χ0n) is 10.0. The van der Waals surface area contributed by atoms with Crippen molar-refractivity contribution in [3.8, 4) is 5.75 Å². The first-order valence-electron chi connectivity index (χ1n) is 5.98. The lowest BCUT2D eigenvalue weighted by atomic mass is 10.1. The highest BCUT2D eigenvalue weighted by Crippen LogP contribution is 2.28. The molecule has 0 aromatic heterocycles. The summed E-state index contributed by atoms with van der Waals surface area (Å²) in [5.41, 5.74) is 5.92. The smallest absolute Gasteiger partial charge is 0.164 e. The van der Waals surface area contributed by atoms with Crippen LogP contribution < -0.4 is 10.5 Å². The molecular formula is C13H16ClNO3. The normalized spacial score (nSPS) is 18.9. The molecule has 98 valence electrons. The Morgan fingerprint density at radius 3 is 3.00 bits per heavy atom. The molecule has 1 aromatic rings. The van der Waals surface area contributed by atoms with Crippen molar-refractivity contribution < 1.29 is 14.3 Å². The highest BCUT2D eigenvalue weighted by molar-refractivity contribution is 6.32. The van der Waals surface area contributed by atoms with Crippen molar-refractivity contribution in [2.45, 2.75) is 18.9 Å². The molecule has 1 aliphatic rings. The van der Waals surface area contributed by atoms with Crippen LogP contribution in [0.25, 0.3) is 0 Å². The molecule has 0 spiro atoms. The van der Waals surface area contributed by atoms with Crippen LogP contribution in [0.1, 0.15) is 23.2 Å². The van der Waals surface area contributed by atoms with Gasteiger partial charge in [0.25, 0.3) is 0 Å². The molecular weight excluding hydrogens is 254 g/mol. The first-order chi connectivity index (χ1) is 8.70. The summed E-state index contributed by atoms with van der Waals surface area (Å²) in [5.74, 6) is 0.589. The highest BCUT2D eigenvalue weighted by Gasteiger charge is 2.18. The number of carbonyl (C=O) groups excluding carboxylic acids is 1. The number of hydrogen-bond donors (Lipinski definition) is 1. The Labute approximate surface area is 111 Å². The molecule has 0 amide bonds. The van der Waals surface area contributed by atoms with E-state index in [4.69, 9.17) is 26.8 Å². The fourth-order valence-electron chi connectivity index (χ4n) is 1.83. The maximum absolute atomic E-state index is 11.7. The van der Waals surface area contributed by atoms with E-state index in [1.165, 1.54) is 0 Å². The molecule has 1 unspecified atom stereocenters. The number of nitrogens with two attached hydrogens (primary N) is 1. The standard InChI is InChI=1S/C13H16ClNO3/c14-11-7-9(12(16)3-5-15)1-2-13(11)18-10-4-6-17-8-10/h1-2,7,10H,3-6,8,15H2. The number of ether oxygens (including phenoxy) is 2. The van der Waals surface area contributed by atoms with Crippen LogP contribution in [0.3, 0.4) is 0 Å². The van der Waals surface area contributed by atoms with Gasteiger partial charge in [0.2, 0.25) is 0 Å². The number of rotatable bonds is 5. The molecule has 1 aromatic carbocycles. The maximum atomic E-state index is 11.7. The Morgan fingerprint density at radius 1 is 1.56 bits per heavy atom.